The molecule has 1 aromatic carbocycles. The summed E-state index contributed by atoms with van der Waals surface area (Å²) in [7, 11) is 0. The Kier molecular flexibility index (Phi) is 11.8. The van der Waals surface area contributed by atoms with E-state index in [2.05, 4.69) is 65.5 Å². The molecule has 3 rings (SSSR count). The first-order chi connectivity index (χ1) is 17.2. The number of benzene rings is 1. The zero-order valence-electron chi connectivity index (χ0n) is 20.5. The molecule has 0 unspecified atom stereocenters. The van der Waals surface area contributed by atoms with Crippen molar-refractivity contribution >= 4 is 23.5 Å². The molecule has 3 N–H and O–H groups in total. The Bertz CT molecular complexity index is 1050. The molecule has 0 amide bonds. The van der Waals surface area contributed by atoms with Gasteiger partial charge in [0.25, 0.3) is 0 Å². The molecule has 0 aliphatic heterocycles. The number of hydrogen-bond acceptors (Lipinski definition) is 5. The van der Waals surface area contributed by atoms with Crippen LogP contribution in [0.3, 0.4) is 0 Å². The van der Waals surface area contributed by atoms with Gasteiger partial charge in [-0.25, -0.2) is 4.79 Å². The van der Waals surface area contributed by atoms with Crippen LogP contribution in [0.15, 0.2) is 85.2 Å². The van der Waals surface area contributed by atoms with Crippen LogP contribution >= 0.6 is 11.6 Å². The van der Waals surface area contributed by atoms with Crippen LogP contribution < -0.4 is 10.4 Å². The van der Waals surface area contributed by atoms with Gasteiger partial charge in [-0.2, -0.15) is 0 Å². The minimum absolute atomic E-state index is 0.152. The maximum absolute atomic E-state index is 9.53. The lowest BCUT2D eigenvalue weighted by Crippen LogP contribution is -2.95. The highest BCUT2D eigenvalue weighted by Gasteiger charge is 2.22. The van der Waals surface area contributed by atoms with E-state index in [1.165, 1.54) is 5.56 Å². The Morgan fingerprint density at radius 2 is 1.58 bits per heavy atom. The second-order valence-electron chi connectivity index (χ2n) is 8.98. The summed E-state index contributed by atoms with van der Waals surface area (Å²) < 4.78 is 0. The van der Waals surface area contributed by atoms with Crippen molar-refractivity contribution in [3.8, 4) is 0 Å². The van der Waals surface area contributed by atoms with Crippen molar-refractivity contribution in [3.63, 3.8) is 0 Å². The molecule has 0 aliphatic carbocycles. The average molecular weight is 510 g/mol. The Labute approximate surface area is 216 Å². The number of hydrogen-bond donors (Lipinski definition) is 2. The number of pyridine rings is 2. The SMILES string of the molecule is CC(C)(Cc1ccc(Cl)cc1)[NH2+]CCCC(c1ccccn1)c1ccccn1.O=C([O-])/C=C/C(=O)O. The summed E-state index contributed by atoms with van der Waals surface area (Å²) in [6.07, 6.45) is 7.86. The standard InChI is InChI=1S/C24H28ClN3.C4H4O4/c1-24(2,18-19-11-13-20(25)14-12-19)28-17-7-8-21(22-9-3-5-15-26-22)23-10-4-6-16-27-23;5-3(6)1-2-4(7)8/h3-6,9-16,21,28H,7-8,17-18H2,1-2H3;1-2H,(H,5,6)(H,7,8)/b;2-1+. The van der Waals surface area contributed by atoms with Gasteiger partial charge in [0, 0.05) is 47.2 Å². The second-order valence-corrected chi connectivity index (χ2v) is 9.42. The Hall–Kier alpha value is -3.55. The normalized spacial score (nSPS) is 11.2. The largest absolute Gasteiger partial charge is 0.545 e. The van der Waals surface area contributed by atoms with E-state index in [0.29, 0.717) is 12.2 Å². The highest BCUT2D eigenvalue weighted by molar-refractivity contribution is 6.30. The number of carboxylic acid groups (broad SMARTS) is 2. The van der Waals surface area contributed by atoms with E-state index >= 15 is 0 Å². The summed E-state index contributed by atoms with van der Waals surface area (Å²) in [4.78, 5) is 28.1. The molecule has 0 bridgehead atoms. The maximum Gasteiger partial charge on any atom is 0.328 e. The van der Waals surface area contributed by atoms with Crippen molar-refractivity contribution in [1.82, 2.24) is 9.97 Å². The number of nitrogens with two attached hydrogens (primary N) is 1. The molecule has 2 heterocycles. The molecule has 0 atom stereocenters. The van der Waals surface area contributed by atoms with Crippen LogP contribution in [0, 0.1) is 0 Å². The number of aliphatic carboxylic acids is 2. The van der Waals surface area contributed by atoms with Gasteiger partial charge in [0.15, 0.2) is 0 Å². The minimum atomic E-state index is -1.51. The second kappa shape index (κ2) is 14.8. The molecular formula is C28H32ClN3O4. The van der Waals surface area contributed by atoms with Crippen molar-refractivity contribution in [2.75, 3.05) is 6.54 Å². The first kappa shape index (κ1) is 28.7. The lowest BCUT2D eigenvalue weighted by molar-refractivity contribution is -0.720. The smallest absolute Gasteiger partial charge is 0.328 e. The van der Waals surface area contributed by atoms with E-state index in [0.717, 1.165) is 42.2 Å². The third-order valence-corrected chi connectivity index (χ3v) is 5.67. The summed E-state index contributed by atoms with van der Waals surface area (Å²) in [5.74, 6) is -2.56. The van der Waals surface area contributed by atoms with Crippen molar-refractivity contribution < 1.29 is 25.1 Å². The van der Waals surface area contributed by atoms with E-state index in [9.17, 15) is 14.7 Å². The average Bonchev–Trinajstić information content (AvgIpc) is 2.85. The van der Waals surface area contributed by atoms with E-state index in [1.807, 2.05) is 36.7 Å². The van der Waals surface area contributed by atoms with Gasteiger partial charge < -0.3 is 20.3 Å². The van der Waals surface area contributed by atoms with Gasteiger partial charge in [0.05, 0.1) is 18.1 Å². The van der Waals surface area contributed by atoms with Crippen LogP contribution in [0.5, 0.6) is 0 Å². The highest BCUT2D eigenvalue weighted by Crippen LogP contribution is 2.25. The summed E-state index contributed by atoms with van der Waals surface area (Å²) >= 11 is 6.00. The fourth-order valence-corrected chi connectivity index (χ4v) is 3.89. The lowest BCUT2D eigenvalue weighted by atomic mass is 9.93. The zero-order chi connectivity index (χ0) is 26.4. The fraction of sp³-hybridized carbons (Fsp3) is 0.286. The Balaban J connectivity index is 0.000000493. The van der Waals surface area contributed by atoms with Gasteiger partial charge in [-0.15, -0.1) is 0 Å². The van der Waals surface area contributed by atoms with Crippen LogP contribution in [0.4, 0.5) is 0 Å². The van der Waals surface area contributed by atoms with Crippen LogP contribution in [0.1, 0.15) is 49.6 Å². The number of quaternary nitrogens is 1. The number of rotatable bonds is 11. The van der Waals surface area contributed by atoms with E-state index in [4.69, 9.17) is 16.7 Å². The first-order valence-corrected chi connectivity index (χ1v) is 12.1. The van der Waals surface area contributed by atoms with Crippen molar-refractivity contribution in [2.45, 2.75) is 44.6 Å². The van der Waals surface area contributed by atoms with Gasteiger partial charge in [-0.05, 0) is 74.7 Å². The maximum atomic E-state index is 9.53. The van der Waals surface area contributed by atoms with Gasteiger partial charge in [0.2, 0.25) is 0 Å². The molecule has 190 valence electrons. The Morgan fingerprint density at radius 1 is 1.00 bits per heavy atom. The van der Waals surface area contributed by atoms with Gasteiger partial charge in [-0.3, -0.25) is 9.97 Å². The summed E-state index contributed by atoms with van der Waals surface area (Å²) in [5.41, 5.74) is 3.67. The summed E-state index contributed by atoms with van der Waals surface area (Å²) in [5, 5.41) is 20.5. The molecule has 0 saturated heterocycles. The molecule has 0 saturated carbocycles. The highest BCUT2D eigenvalue weighted by atomic mass is 35.5. The molecule has 0 spiro atoms. The van der Waals surface area contributed by atoms with E-state index < -0.39 is 11.9 Å². The lowest BCUT2D eigenvalue weighted by Gasteiger charge is -2.24. The number of halogens is 1. The van der Waals surface area contributed by atoms with Gasteiger partial charge in [0.1, 0.15) is 0 Å². The first-order valence-electron chi connectivity index (χ1n) is 11.7. The molecule has 2 aromatic heterocycles. The molecule has 3 aromatic rings. The number of aromatic nitrogens is 2. The molecule has 7 nitrogen and oxygen atoms in total. The fourth-order valence-electron chi connectivity index (χ4n) is 3.77. The van der Waals surface area contributed by atoms with Crippen LogP contribution in [-0.4, -0.2) is 39.1 Å². The molecule has 0 fully saturated rings. The Morgan fingerprint density at radius 3 is 2.03 bits per heavy atom. The summed E-state index contributed by atoms with van der Waals surface area (Å²) in [6, 6.07) is 20.4. The number of carboxylic acids is 2. The zero-order valence-corrected chi connectivity index (χ0v) is 21.3. The predicted molar refractivity (Wildman–Crippen MR) is 137 cm³/mol. The van der Waals surface area contributed by atoms with Crippen molar-refractivity contribution in [1.29, 1.82) is 0 Å². The molecule has 36 heavy (non-hydrogen) atoms. The van der Waals surface area contributed by atoms with Crippen molar-refractivity contribution in [2.24, 2.45) is 0 Å². The van der Waals surface area contributed by atoms with Crippen molar-refractivity contribution in [3.05, 3.63) is 107 Å². The monoisotopic (exact) mass is 509 g/mol. The molecule has 0 aliphatic rings. The predicted octanol–water partition coefficient (Wildman–Crippen LogP) is 3.00. The minimum Gasteiger partial charge on any atom is -0.545 e. The third kappa shape index (κ3) is 11.3. The molecule has 0 radical (unpaired) electrons. The van der Waals surface area contributed by atoms with E-state index in [-0.39, 0.29) is 11.5 Å². The molecule has 8 heteroatoms. The summed E-state index contributed by atoms with van der Waals surface area (Å²) in [6.45, 7) is 5.68. The van der Waals surface area contributed by atoms with Crippen LogP contribution in [0.25, 0.3) is 0 Å². The van der Waals surface area contributed by atoms with Gasteiger partial charge in [-0.1, -0.05) is 35.9 Å². The third-order valence-electron chi connectivity index (χ3n) is 5.42. The molecular weight excluding hydrogens is 478 g/mol. The number of carbonyl (C=O) groups excluding carboxylic acids is 1. The van der Waals surface area contributed by atoms with Crippen LogP contribution in [0.2, 0.25) is 5.02 Å². The quantitative estimate of drug-likeness (QED) is 0.303. The number of nitrogens with zero attached hydrogens (tertiary/aromatic N) is 2. The van der Waals surface area contributed by atoms with Gasteiger partial charge >= 0.3 is 5.97 Å². The van der Waals surface area contributed by atoms with Crippen LogP contribution in [-0.2, 0) is 16.0 Å². The van der Waals surface area contributed by atoms with E-state index in [1.54, 1.807) is 0 Å². The topological polar surface area (TPSA) is 120 Å². The number of carbonyl (C=O) groups is 2.